The Bertz CT molecular complexity index is 1510. The minimum Gasteiger partial charge on any atom is -0.455 e. The maximum atomic E-state index is 13.3. The van der Waals surface area contributed by atoms with Crippen LogP contribution in [0.15, 0.2) is 65.1 Å². The topological polar surface area (TPSA) is 138 Å². The monoisotopic (exact) mass is 665 g/mol. The SMILES string of the molecule is CCCNC(=O)CC[C@H]1NC(=O)c2cc(Oc3cccc(N(C)C)c3)c(NC(=O)COCc3ccc(Br)cc3)cc2NC1=O. The molecule has 4 rings (SSSR count). The number of hydrogen-bond acceptors (Lipinski definition) is 7. The molecule has 3 aromatic rings. The maximum absolute atomic E-state index is 13.3. The number of amides is 4. The summed E-state index contributed by atoms with van der Waals surface area (Å²) >= 11 is 3.39. The Kier molecular flexibility index (Phi) is 11.3. The van der Waals surface area contributed by atoms with Gasteiger partial charge < -0.3 is 35.6 Å². The Balaban J connectivity index is 1.55. The summed E-state index contributed by atoms with van der Waals surface area (Å²) in [4.78, 5) is 53.3. The van der Waals surface area contributed by atoms with Gasteiger partial charge in [0.2, 0.25) is 17.7 Å². The normalized spacial score (nSPS) is 14.0. The number of hydrogen-bond donors (Lipinski definition) is 4. The highest BCUT2D eigenvalue weighted by Crippen LogP contribution is 2.37. The van der Waals surface area contributed by atoms with E-state index in [1.807, 2.05) is 68.4 Å². The third-order valence-electron chi connectivity index (χ3n) is 6.73. The average molecular weight is 667 g/mol. The Morgan fingerprint density at radius 1 is 1.02 bits per heavy atom. The van der Waals surface area contributed by atoms with Crippen molar-refractivity contribution in [2.24, 2.45) is 0 Å². The molecular weight excluding hydrogens is 630 g/mol. The molecule has 232 valence electrons. The molecule has 0 fully saturated rings. The molecule has 0 unspecified atom stereocenters. The number of carbonyl (C=O) groups excluding carboxylic acids is 4. The van der Waals surface area contributed by atoms with E-state index >= 15 is 0 Å². The first-order valence-corrected chi connectivity index (χ1v) is 15.1. The smallest absolute Gasteiger partial charge is 0.254 e. The molecule has 4 amide bonds. The molecule has 11 nitrogen and oxygen atoms in total. The van der Waals surface area contributed by atoms with E-state index in [1.54, 1.807) is 6.07 Å². The molecule has 44 heavy (non-hydrogen) atoms. The van der Waals surface area contributed by atoms with Crippen molar-refractivity contribution in [3.8, 4) is 11.5 Å². The number of nitrogens with one attached hydrogen (secondary N) is 4. The molecule has 0 saturated carbocycles. The van der Waals surface area contributed by atoms with Gasteiger partial charge in [-0.15, -0.1) is 0 Å². The average Bonchev–Trinajstić information content (AvgIpc) is 3.11. The predicted molar refractivity (Wildman–Crippen MR) is 172 cm³/mol. The minimum atomic E-state index is -0.923. The van der Waals surface area contributed by atoms with E-state index in [4.69, 9.17) is 9.47 Å². The lowest BCUT2D eigenvalue weighted by Crippen LogP contribution is -2.42. The van der Waals surface area contributed by atoms with Gasteiger partial charge in [0.25, 0.3) is 5.91 Å². The maximum Gasteiger partial charge on any atom is 0.254 e. The van der Waals surface area contributed by atoms with Crippen LogP contribution >= 0.6 is 15.9 Å². The quantitative estimate of drug-likeness (QED) is 0.205. The summed E-state index contributed by atoms with van der Waals surface area (Å²) in [5, 5.41) is 11.0. The van der Waals surface area contributed by atoms with Gasteiger partial charge in [-0.25, -0.2) is 0 Å². The molecule has 0 radical (unpaired) electrons. The zero-order valence-electron chi connectivity index (χ0n) is 24.9. The number of anilines is 3. The zero-order valence-corrected chi connectivity index (χ0v) is 26.5. The molecule has 0 bridgehead atoms. The summed E-state index contributed by atoms with van der Waals surface area (Å²) in [7, 11) is 3.80. The fourth-order valence-corrected chi connectivity index (χ4v) is 4.65. The van der Waals surface area contributed by atoms with Crippen LogP contribution in [0.25, 0.3) is 0 Å². The van der Waals surface area contributed by atoms with Crippen molar-refractivity contribution in [2.45, 2.75) is 38.8 Å². The lowest BCUT2D eigenvalue weighted by atomic mass is 10.1. The molecule has 0 spiro atoms. The number of nitrogens with zero attached hydrogens (tertiary/aromatic N) is 1. The summed E-state index contributed by atoms with van der Waals surface area (Å²) in [6.45, 7) is 2.48. The van der Waals surface area contributed by atoms with Crippen molar-refractivity contribution in [3.63, 3.8) is 0 Å². The predicted octanol–water partition coefficient (Wildman–Crippen LogP) is 4.82. The van der Waals surface area contributed by atoms with Gasteiger partial charge in [0.15, 0.2) is 5.75 Å². The molecule has 1 aliphatic heterocycles. The van der Waals surface area contributed by atoms with Crippen LogP contribution in [0.4, 0.5) is 17.1 Å². The number of halogens is 1. The van der Waals surface area contributed by atoms with E-state index in [1.165, 1.54) is 12.1 Å². The first kappa shape index (κ1) is 32.5. The van der Waals surface area contributed by atoms with Crippen LogP contribution in [0, 0.1) is 0 Å². The molecule has 0 aromatic heterocycles. The number of rotatable bonds is 13. The van der Waals surface area contributed by atoms with E-state index in [0.29, 0.717) is 12.3 Å². The summed E-state index contributed by atoms with van der Waals surface area (Å²) in [6.07, 6.45) is 0.996. The summed E-state index contributed by atoms with van der Waals surface area (Å²) in [5.74, 6) is -0.953. The van der Waals surface area contributed by atoms with Gasteiger partial charge >= 0.3 is 0 Å². The van der Waals surface area contributed by atoms with Crippen molar-refractivity contribution in [2.75, 3.05) is 42.8 Å². The molecule has 3 aromatic carbocycles. The van der Waals surface area contributed by atoms with Crippen LogP contribution in [0.1, 0.15) is 42.1 Å². The van der Waals surface area contributed by atoms with Crippen LogP contribution in [-0.2, 0) is 25.7 Å². The van der Waals surface area contributed by atoms with Crippen LogP contribution in [0.2, 0.25) is 0 Å². The van der Waals surface area contributed by atoms with E-state index in [9.17, 15) is 19.2 Å². The molecule has 1 atom stereocenters. The first-order chi connectivity index (χ1) is 21.1. The third-order valence-corrected chi connectivity index (χ3v) is 7.26. The highest BCUT2D eigenvalue weighted by molar-refractivity contribution is 9.10. The minimum absolute atomic E-state index is 0.0762. The Morgan fingerprint density at radius 2 is 1.80 bits per heavy atom. The molecular formula is C32H36BrN5O6. The van der Waals surface area contributed by atoms with Gasteiger partial charge in [0, 0.05) is 43.3 Å². The van der Waals surface area contributed by atoms with Gasteiger partial charge in [0.1, 0.15) is 18.4 Å². The van der Waals surface area contributed by atoms with Crippen molar-refractivity contribution < 1.29 is 28.7 Å². The van der Waals surface area contributed by atoms with Crippen LogP contribution in [-0.4, -0.2) is 56.9 Å². The van der Waals surface area contributed by atoms with Gasteiger partial charge in [-0.1, -0.05) is 41.1 Å². The van der Waals surface area contributed by atoms with Gasteiger partial charge in [-0.05, 0) is 54.8 Å². The fraction of sp³-hybridized carbons (Fsp3) is 0.312. The van der Waals surface area contributed by atoms with Gasteiger partial charge in [0.05, 0.1) is 23.5 Å². The standard InChI is InChI=1S/C32H36BrN5O6/c1-4-14-34-29(39)13-12-25-32(42)37-26-17-27(35-30(40)19-43-18-20-8-10-21(33)11-9-20)28(16-24(26)31(41)36-25)44-23-7-5-6-22(15-23)38(2)3/h5-11,15-17,25H,4,12-14,18-19H2,1-3H3,(H,34,39)(H,35,40)(H,36,41)(H,37,42)/t25-/m1/s1. The highest BCUT2D eigenvalue weighted by Gasteiger charge is 2.30. The Morgan fingerprint density at radius 3 is 2.52 bits per heavy atom. The molecule has 4 N–H and O–H groups in total. The molecule has 12 heteroatoms. The summed E-state index contributed by atoms with van der Waals surface area (Å²) in [6, 6.07) is 16.9. The second kappa shape index (κ2) is 15.3. The summed E-state index contributed by atoms with van der Waals surface area (Å²) in [5.41, 5.74) is 2.38. The highest BCUT2D eigenvalue weighted by atomic mass is 79.9. The zero-order chi connectivity index (χ0) is 31.6. The van der Waals surface area contributed by atoms with Gasteiger partial charge in [-0.2, -0.15) is 0 Å². The van der Waals surface area contributed by atoms with Crippen molar-refractivity contribution in [3.05, 3.63) is 76.3 Å². The molecule has 1 aliphatic rings. The lowest BCUT2D eigenvalue weighted by Gasteiger charge is -2.18. The third kappa shape index (κ3) is 9.04. The Labute approximate surface area is 264 Å². The fourth-order valence-electron chi connectivity index (χ4n) is 4.39. The largest absolute Gasteiger partial charge is 0.455 e. The number of benzene rings is 3. The van der Waals surface area contributed by atoms with Crippen LogP contribution in [0.5, 0.6) is 11.5 Å². The molecule has 0 aliphatic carbocycles. The van der Waals surface area contributed by atoms with Crippen molar-refractivity contribution >= 4 is 56.6 Å². The molecule has 0 saturated heterocycles. The van der Waals surface area contributed by atoms with E-state index in [2.05, 4.69) is 37.2 Å². The second-order valence-electron chi connectivity index (χ2n) is 10.5. The first-order valence-electron chi connectivity index (χ1n) is 14.3. The van der Waals surface area contributed by atoms with Crippen molar-refractivity contribution in [1.82, 2.24) is 10.6 Å². The Hall–Kier alpha value is -4.42. The number of carbonyl (C=O) groups is 4. The van der Waals surface area contributed by atoms with Crippen LogP contribution in [0.3, 0.4) is 0 Å². The second-order valence-corrected chi connectivity index (χ2v) is 11.4. The number of fused-ring (bicyclic) bond motifs is 1. The van der Waals surface area contributed by atoms with Crippen molar-refractivity contribution in [1.29, 1.82) is 0 Å². The van der Waals surface area contributed by atoms with E-state index < -0.39 is 23.8 Å². The number of ether oxygens (including phenoxy) is 2. The summed E-state index contributed by atoms with van der Waals surface area (Å²) < 4.78 is 12.7. The van der Waals surface area contributed by atoms with E-state index in [-0.39, 0.29) is 54.7 Å². The lowest BCUT2D eigenvalue weighted by molar-refractivity contribution is -0.122. The van der Waals surface area contributed by atoms with Crippen LogP contribution < -0.4 is 30.9 Å². The van der Waals surface area contributed by atoms with E-state index in [0.717, 1.165) is 22.1 Å². The van der Waals surface area contributed by atoms with Gasteiger partial charge in [-0.3, -0.25) is 19.2 Å². The molecule has 1 heterocycles.